The Morgan fingerprint density at radius 2 is 2.35 bits per heavy atom. The lowest BCUT2D eigenvalue weighted by Crippen LogP contribution is -2.60. The fourth-order valence-corrected chi connectivity index (χ4v) is 5.37. The SMILES string of the molecule is O=C(c1ccsc1)N1CC2(C[C@@H](OCc3cccnc3)CS2)C1. The number of amides is 1. The van der Waals surface area contributed by atoms with Gasteiger partial charge < -0.3 is 9.64 Å². The van der Waals surface area contributed by atoms with E-state index in [1.807, 2.05) is 51.8 Å². The van der Waals surface area contributed by atoms with E-state index < -0.39 is 0 Å². The molecule has 0 saturated carbocycles. The second kappa shape index (κ2) is 6.26. The molecule has 2 aliphatic rings. The number of carbonyl (C=O) groups excluding carboxylic acids is 1. The van der Waals surface area contributed by atoms with Crippen LogP contribution in [0, 0.1) is 0 Å². The number of thiophene rings is 1. The van der Waals surface area contributed by atoms with Gasteiger partial charge in [0, 0.05) is 36.6 Å². The van der Waals surface area contributed by atoms with Crippen molar-refractivity contribution in [1.82, 2.24) is 9.88 Å². The molecule has 1 spiro atoms. The Bertz CT molecular complexity index is 669. The van der Waals surface area contributed by atoms with Crippen molar-refractivity contribution in [3.8, 4) is 0 Å². The molecule has 120 valence electrons. The first kappa shape index (κ1) is 15.2. The third kappa shape index (κ3) is 3.16. The van der Waals surface area contributed by atoms with E-state index >= 15 is 0 Å². The minimum absolute atomic E-state index is 0.164. The van der Waals surface area contributed by atoms with Crippen LogP contribution in [0.3, 0.4) is 0 Å². The first-order valence-corrected chi connectivity index (χ1v) is 9.63. The van der Waals surface area contributed by atoms with Crippen molar-refractivity contribution in [2.45, 2.75) is 23.9 Å². The Kier molecular flexibility index (Phi) is 4.13. The quantitative estimate of drug-likeness (QED) is 0.853. The highest BCUT2D eigenvalue weighted by Gasteiger charge is 2.51. The van der Waals surface area contributed by atoms with Gasteiger partial charge in [0.25, 0.3) is 5.91 Å². The summed E-state index contributed by atoms with van der Waals surface area (Å²) in [5.74, 6) is 1.18. The average Bonchev–Trinajstić information content (AvgIpc) is 3.22. The van der Waals surface area contributed by atoms with Crippen LogP contribution in [0.25, 0.3) is 0 Å². The van der Waals surface area contributed by atoms with Crippen LogP contribution in [-0.4, -0.2) is 45.5 Å². The molecule has 2 fully saturated rings. The molecular weight excluding hydrogens is 328 g/mol. The molecule has 0 bridgehead atoms. The van der Waals surface area contributed by atoms with Gasteiger partial charge in [-0.25, -0.2) is 0 Å². The van der Waals surface area contributed by atoms with E-state index in [4.69, 9.17) is 4.74 Å². The van der Waals surface area contributed by atoms with Crippen LogP contribution in [0.1, 0.15) is 22.3 Å². The first-order chi connectivity index (χ1) is 11.2. The second-order valence-electron chi connectivity index (χ2n) is 6.17. The molecule has 0 radical (unpaired) electrons. The van der Waals surface area contributed by atoms with Crippen LogP contribution >= 0.6 is 23.1 Å². The summed E-state index contributed by atoms with van der Waals surface area (Å²) < 4.78 is 6.24. The second-order valence-corrected chi connectivity index (χ2v) is 8.43. The summed E-state index contributed by atoms with van der Waals surface area (Å²) in [5.41, 5.74) is 1.93. The number of hydrogen-bond acceptors (Lipinski definition) is 5. The van der Waals surface area contributed by atoms with Gasteiger partial charge in [-0.1, -0.05) is 6.07 Å². The minimum Gasteiger partial charge on any atom is -0.373 e. The Labute approximate surface area is 143 Å². The summed E-state index contributed by atoms with van der Waals surface area (Å²) in [5, 5.41) is 3.88. The molecule has 0 aliphatic carbocycles. The van der Waals surface area contributed by atoms with Crippen LogP contribution in [0.5, 0.6) is 0 Å². The van der Waals surface area contributed by atoms with Crippen molar-refractivity contribution >= 4 is 29.0 Å². The largest absolute Gasteiger partial charge is 0.373 e. The van der Waals surface area contributed by atoms with Gasteiger partial charge >= 0.3 is 0 Å². The van der Waals surface area contributed by atoms with Crippen LogP contribution in [0.4, 0.5) is 0 Å². The zero-order valence-electron chi connectivity index (χ0n) is 12.7. The highest BCUT2D eigenvalue weighted by molar-refractivity contribution is 8.01. The summed E-state index contributed by atoms with van der Waals surface area (Å²) in [4.78, 5) is 18.4. The minimum atomic E-state index is 0.164. The molecule has 4 rings (SSSR count). The van der Waals surface area contributed by atoms with Gasteiger partial charge in [-0.2, -0.15) is 11.3 Å². The molecule has 0 unspecified atom stereocenters. The molecular formula is C17H18N2O2S2. The fraction of sp³-hybridized carbons (Fsp3) is 0.412. The first-order valence-electron chi connectivity index (χ1n) is 7.70. The third-order valence-electron chi connectivity index (χ3n) is 4.40. The molecule has 2 aliphatic heterocycles. The lowest BCUT2D eigenvalue weighted by atomic mass is 9.92. The van der Waals surface area contributed by atoms with Crippen molar-refractivity contribution in [1.29, 1.82) is 0 Å². The van der Waals surface area contributed by atoms with E-state index in [9.17, 15) is 4.79 Å². The Morgan fingerprint density at radius 3 is 3.09 bits per heavy atom. The summed E-state index contributed by atoms with van der Waals surface area (Å²) in [7, 11) is 0. The topological polar surface area (TPSA) is 42.4 Å². The van der Waals surface area contributed by atoms with Crippen molar-refractivity contribution in [2.24, 2.45) is 0 Å². The maximum atomic E-state index is 12.3. The molecule has 2 aromatic rings. The smallest absolute Gasteiger partial charge is 0.254 e. The van der Waals surface area contributed by atoms with Crippen molar-refractivity contribution in [2.75, 3.05) is 18.8 Å². The summed E-state index contributed by atoms with van der Waals surface area (Å²) in [6.07, 6.45) is 4.93. The normalized spacial score (nSPS) is 22.3. The lowest BCUT2D eigenvalue weighted by molar-refractivity contribution is 0.0255. The van der Waals surface area contributed by atoms with Crippen LogP contribution in [0.2, 0.25) is 0 Å². The lowest BCUT2D eigenvalue weighted by Gasteiger charge is -2.47. The van der Waals surface area contributed by atoms with Gasteiger partial charge in [0.1, 0.15) is 0 Å². The molecule has 0 aromatic carbocycles. The van der Waals surface area contributed by atoms with Crippen molar-refractivity contribution in [3.63, 3.8) is 0 Å². The zero-order chi connectivity index (χ0) is 15.7. The molecule has 2 saturated heterocycles. The van der Waals surface area contributed by atoms with Gasteiger partial charge in [-0.3, -0.25) is 9.78 Å². The van der Waals surface area contributed by atoms with E-state index in [2.05, 4.69) is 4.98 Å². The highest BCUT2D eigenvalue weighted by atomic mass is 32.2. The number of aromatic nitrogens is 1. The number of likely N-dealkylation sites (tertiary alicyclic amines) is 1. The number of pyridine rings is 1. The van der Waals surface area contributed by atoms with E-state index in [1.165, 1.54) is 0 Å². The molecule has 1 atom stereocenters. The van der Waals surface area contributed by atoms with Crippen molar-refractivity contribution in [3.05, 3.63) is 52.5 Å². The fourth-order valence-electron chi connectivity index (χ4n) is 3.19. The zero-order valence-corrected chi connectivity index (χ0v) is 14.3. The highest BCUT2D eigenvalue weighted by Crippen LogP contribution is 2.46. The molecule has 6 heteroatoms. The Hall–Kier alpha value is -1.37. The number of nitrogens with zero attached hydrogens (tertiary/aromatic N) is 2. The molecule has 0 N–H and O–H groups in total. The third-order valence-corrected chi connectivity index (χ3v) is 6.66. The number of ether oxygens (including phenoxy) is 1. The van der Waals surface area contributed by atoms with E-state index in [0.29, 0.717) is 6.61 Å². The standard InChI is InChI=1S/C17H18N2O2S2/c20-16(14-3-5-22-9-14)19-11-17(12-19)6-15(10-23-17)21-8-13-2-1-4-18-7-13/h1-5,7,9,15H,6,8,10-12H2/t15-/m1/s1. The van der Waals surface area contributed by atoms with Gasteiger partial charge in [0.05, 0.1) is 23.0 Å². The molecule has 4 nitrogen and oxygen atoms in total. The van der Waals surface area contributed by atoms with E-state index in [-0.39, 0.29) is 16.8 Å². The Morgan fingerprint density at radius 1 is 1.43 bits per heavy atom. The van der Waals surface area contributed by atoms with Gasteiger partial charge in [-0.05, 0) is 29.5 Å². The van der Waals surface area contributed by atoms with Gasteiger partial charge in [-0.15, -0.1) is 11.8 Å². The predicted molar refractivity (Wildman–Crippen MR) is 92.8 cm³/mol. The molecule has 4 heterocycles. The maximum absolute atomic E-state index is 12.3. The average molecular weight is 346 g/mol. The van der Waals surface area contributed by atoms with Crippen LogP contribution in [-0.2, 0) is 11.3 Å². The van der Waals surface area contributed by atoms with Gasteiger partial charge in [0.15, 0.2) is 0 Å². The van der Waals surface area contributed by atoms with Crippen LogP contribution < -0.4 is 0 Å². The number of rotatable bonds is 4. The monoisotopic (exact) mass is 346 g/mol. The predicted octanol–water partition coefficient (Wildman–Crippen LogP) is 3.06. The van der Waals surface area contributed by atoms with Crippen LogP contribution in [0.15, 0.2) is 41.4 Å². The number of hydrogen-bond donors (Lipinski definition) is 0. The number of thioether (sulfide) groups is 1. The van der Waals surface area contributed by atoms with E-state index in [1.54, 1.807) is 17.5 Å². The maximum Gasteiger partial charge on any atom is 0.254 e. The summed E-state index contributed by atoms with van der Waals surface area (Å²) in [6.45, 7) is 2.31. The molecule has 2 aromatic heterocycles. The number of carbonyl (C=O) groups is 1. The van der Waals surface area contributed by atoms with E-state index in [0.717, 1.165) is 36.4 Å². The van der Waals surface area contributed by atoms with Gasteiger partial charge in [0.2, 0.25) is 0 Å². The molecule has 1 amide bonds. The summed E-state index contributed by atoms with van der Waals surface area (Å²) in [6, 6.07) is 5.87. The summed E-state index contributed by atoms with van der Waals surface area (Å²) >= 11 is 3.53. The molecule has 23 heavy (non-hydrogen) atoms. The van der Waals surface area contributed by atoms with Crippen molar-refractivity contribution < 1.29 is 9.53 Å². The Balaban J connectivity index is 1.27.